The van der Waals surface area contributed by atoms with Gasteiger partial charge in [0.1, 0.15) is 0 Å². The van der Waals surface area contributed by atoms with Crippen molar-refractivity contribution in [1.29, 1.82) is 0 Å². The van der Waals surface area contributed by atoms with E-state index in [0.717, 1.165) is 24.0 Å². The van der Waals surface area contributed by atoms with Crippen molar-refractivity contribution in [2.24, 2.45) is 0 Å². The van der Waals surface area contributed by atoms with E-state index in [9.17, 15) is 8.42 Å². The Bertz CT molecular complexity index is 1060. The van der Waals surface area contributed by atoms with Gasteiger partial charge in [0.2, 0.25) is 21.7 Å². The van der Waals surface area contributed by atoms with Gasteiger partial charge >= 0.3 is 0 Å². The van der Waals surface area contributed by atoms with E-state index >= 15 is 0 Å². The maximum atomic E-state index is 13.1. The van der Waals surface area contributed by atoms with Crippen molar-refractivity contribution < 1.29 is 12.9 Å². The number of rotatable bonds is 5. The van der Waals surface area contributed by atoms with E-state index in [2.05, 4.69) is 24.0 Å². The molecule has 6 nitrogen and oxygen atoms in total. The Morgan fingerprint density at radius 2 is 1.79 bits per heavy atom. The monoisotopic (exact) mass is 411 g/mol. The van der Waals surface area contributed by atoms with E-state index in [1.165, 1.54) is 4.31 Å². The van der Waals surface area contributed by atoms with Crippen molar-refractivity contribution in [3.63, 3.8) is 0 Å². The van der Waals surface area contributed by atoms with Crippen molar-refractivity contribution >= 4 is 10.0 Å². The Balaban J connectivity index is 1.53. The van der Waals surface area contributed by atoms with Crippen molar-refractivity contribution in [3.8, 4) is 11.4 Å². The van der Waals surface area contributed by atoms with E-state index in [1.54, 1.807) is 12.1 Å². The largest absolute Gasteiger partial charge is 0.339 e. The molecular weight excluding hydrogens is 386 g/mol. The average molecular weight is 412 g/mol. The third-order valence-electron chi connectivity index (χ3n) is 5.39. The van der Waals surface area contributed by atoms with E-state index in [0.29, 0.717) is 35.6 Å². The predicted molar refractivity (Wildman–Crippen MR) is 111 cm³/mol. The molecule has 2 heterocycles. The Hall–Kier alpha value is -2.51. The van der Waals surface area contributed by atoms with Crippen LogP contribution in [-0.2, 0) is 10.0 Å². The van der Waals surface area contributed by atoms with Gasteiger partial charge in [-0.1, -0.05) is 61.5 Å². The quantitative estimate of drug-likeness (QED) is 0.621. The Labute approximate surface area is 171 Å². The summed E-state index contributed by atoms with van der Waals surface area (Å²) in [4.78, 5) is 4.86. The standard InChI is InChI=1S/C22H25N3O3S/c1-16(2)17-10-12-20(13-11-17)29(26,27)25-14-6-9-19(15-25)22-23-21(24-28-22)18-7-4-3-5-8-18/h3-5,7-8,10-13,16,19H,6,9,14-15H2,1-2H3/t19-/m0/s1. The number of piperidine rings is 1. The van der Waals surface area contributed by atoms with Gasteiger partial charge in [0, 0.05) is 18.7 Å². The second-order valence-electron chi connectivity index (χ2n) is 7.75. The van der Waals surface area contributed by atoms with Crippen LogP contribution in [0.15, 0.2) is 64.0 Å². The first-order valence-corrected chi connectivity index (χ1v) is 11.4. The molecule has 4 rings (SSSR count). The average Bonchev–Trinajstić information content (AvgIpc) is 3.25. The highest BCUT2D eigenvalue weighted by Gasteiger charge is 2.33. The van der Waals surface area contributed by atoms with Crippen LogP contribution >= 0.6 is 0 Å². The van der Waals surface area contributed by atoms with Crippen LogP contribution in [-0.4, -0.2) is 36.0 Å². The lowest BCUT2D eigenvalue weighted by atomic mass is 10.00. The molecule has 0 N–H and O–H groups in total. The first-order chi connectivity index (χ1) is 13.9. The molecule has 1 aliphatic heterocycles. The van der Waals surface area contributed by atoms with E-state index in [4.69, 9.17) is 4.52 Å². The van der Waals surface area contributed by atoms with Crippen LogP contribution < -0.4 is 0 Å². The third-order valence-corrected chi connectivity index (χ3v) is 7.27. The van der Waals surface area contributed by atoms with Gasteiger partial charge in [0.25, 0.3) is 0 Å². The molecule has 152 valence electrons. The van der Waals surface area contributed by atoms with Crippen LogP contribution in [0.25, 0.3) is 11.4 Å². The lowest BCUT2D eigenvalue weighted by molar-refractivity contribution is 0.265. The molecule has 1 fully saturated rings. The Morgan fingerprint density at radius 3 is 2.48 bits per heavy atom. The minimum atomic E-state index is -3.55. The summed E-state index contributed by atoms with van der Waals surface area (Å²) in [5, 5.41) is 4.08. The number of benzene rings is 2. The summed E-state index contributed by atoms with van der Waals surface area (Å²) in [5.74, 6) is 1.30. The number of hydrogen-bond acceptors (Lipinski definition) is 5. The number of aromatic nitrogens is 2. The van der Waals surface area contributed by atoms with Crippen molar-refractivity contribution in [2.75, 3.05) is 13.1 Å². The molecule has 7 heteroatoms. The highest BCUT2D eigenvalue weighted by Crippen LogP contribution is 2.31. The molecule has 29 heavy (non-hydrogen) atoms. The first kappa shape index (κ1) is 19.8. The van der Waals surface area contributed by atoms with Crippen LogP contribution in [0.4, 0.5) is 0 Å². The summed E-state index contributed by atoms with van der Waals surface area (Å²) < 4.78 is 33.3. The van der Waals surface area contributed by atoms with Crippen LogP contribution in [0.3, 0.4) is 0 Å². The molecule has 1 atom stereocenters. The maximum absolute atomic E-state index is 13.1. The van der Waals surface area contributed by atoms with Crippen LogP contribution in [0.2, 0.25) is 0 Å². The number of nitrogens with zero attached hydrogens (tertiary/aromatic N) is 3. The molecule has 0 unspecified atom stereocenters. The molecule has 0 radical (unpaired) electrons. The highest BCUT2D eigenvalue weighted by atomic mass is 32.2. The van der Waals surface area contributed by atoms with Gasteiger partial charge in [0.15, 0.2) is 0 Å². The van der Waals surface area contributed by atoms with E-state index in [1.807, 2.05) is 42.5 Å². The first-order valence-electron chi connectivity index (χ1n) is 9.94. The minimum Gasteiger partial charge on any atom is -0.339 e. The van der Waals surface area contributed by atoms with E-state index in [-0.39, 0.29) is 5.92 Å². The third kappa shape index (κ3) is 4.11. The van der Waals surface area contributed by atoms with Crippen molar-refractivity contribution in [2.45, 2.75) is 43.4 Å². The lowest BCUT2D eigenvalue weighted by Gasteiger charge is -2.30. The van der Waals surface area contributed by atoms with Gasteiger partial charge in [-0.15, -0.1) is 0 Å². The summed E-state index contributed by atoms with van der Waals surface area (Å²) in [7, 11) is -3.55. The second kappa shape index (κ2) is 8.08. The fourth-order valence-electron chi connectivity index (χ4n) is 3.64. The van der Waals surface area contributed by atoms with Crippen LogP contribution in [0.5, 0.6) is 0 Å². The minimum absolute atomic E-state index is 0.0987. The molecule has 1 aliphatic rings. The molecule has 0 amide bonds. The van der Waals surface area contributed by atoms with Gasteiger partial charge in [0.05, 0.1) is 10.8 Å². The molecule has 0 saturated carbocycles. The lowest BCUT2D eigenvalue weighted by Crippen LogP contribution is -2.39. The van der Waals surface area contributed by atoms with Crippen LogP contribution in [0.1, 0.15) is 50.0 Å². The summed E-state index contributed by atoms with van der Waals surface area (Å²) in [6.07, 6.45) is 1.59. The SMILES string of the molecule is CC(C)c1ccc(S(=O)(=O)N2CCC[C@H](c3nc(-c4ccccc4)no3)C2)cc1. The zero-order valence-electron chi connectivity index (χ0n) is 16.7. The fourth-order valence-corrected chi connectivity index (χ4v) is 5.17. The molecule has 0 spiro atoms. The highest BCUT2D eigenvalue weighted by molar-refractivity contribution is 7.89. The number of sulfonamides is 1. The summed E-state index contributed by atoms with van der Waals surface area (Å²) in [6.45, 7) is 5.04. The van der Waals surface area contributed by atoms with Gasteiger partial charge < -0.3 is 4.52 Å². The van der Waals surface area contributed by atoms with Crippen molar-refractivity contribution in [3.05, 3.63) is 66.1 Å². The number of hydrogen-bond donors (Lipinski definition) is 0. The summed E-state index contributed by atoms with van der Waals surface area (Å²) in [6, 6.07) is 16.8. The van der Waals surface area contributed by atoms with E-state index < -0.39 is 10.0 Å². The Kier molecular flexibility index (Phi) is 5.52. The molecular formula is C22H25N3O3S. The smallest absolute Gasteiger partial charge is 0.243 e. The Morgan fingerprint density at radius 1 is 1.07 bits per heavy atom. The van der Waals surface area contributed by atoms with Gasteiger partial charge in [-0.3, -0.25) is 0 Å². The van der Waals surface area contributed by atoms with Crippen molar-refractivity contribution in [1.82, 2.24) is 14.4 Å². The maximum Gasteiger partial charge on any atom is 0.243 e. The molecule has 3 aromatic rings. The molecule has 0 aliphatic carbocycles. The zero-order chi connectivity index (χ0) is 20.4. The molecule has 2 aromatic carbocycles. The zero-order valence-corrected chi connectivity index (χ0v) is 17.5. The van der Waals surface area contributed by atoms with Gasteiger partial charge in [-0.25, -0.2) is 8.42 Å². The fraction of sp³-hybridized carbons (Fsp3) is 0.364. The molecule has 1 aromatic heterocycles. The predicted octanol–water partition coefficient (Wildman–Crippen LogP) is 4.43. The normalized spacial score (nSPS) is 18.2. The summed E-state index contributed by atoms with van der Waals surface area (Å²) in [5.41, 5.74) is 2.01. The molecule has 1 saturated heterocycles. The van der Waals surface area contributed by atoms with Gasteiger partial charge in [-0.05, 0) is 36.5 Å². The second-order valence-corrected chi connectivity index (χ2v) is 9.69. The van der Waals surface area contributed by atoms with Gasteiger partial charge in [-0.2, -0.15) is 9.29 Å². The topological polar surface area (TPSA) is 76.3 Å². The van der Waals surface area contributed by atoms with Crippen LogP contribution in [0, 0.1) is 0 Å². The molecule has 0 bridgehead atoms. The summed E-state index contributed by atoms with van der Waals surface area (Å²) >= 11 is 0.